The van der Waals surface area contributed by atoms with Crippen molar-refractivity contribution in [2.24, 2.45) is 0 Å². The van der Waals surface area contributed by atoms with Crippen LogP contribution in [-0.4, -0.2) is 45.4 Å². The number of rotatable bonds is 4. The van der Waals surface area contributed by atoms with Crippen molar-refractivity contribution in [1.29, 1.82) is 0 Å². The topological polar surface area (TPSA) is 84.3 Å². The third-order valence-corrected chi connectivity index (χ3v) is 3.68. The van der Waals surface area contributed by atoms with Crippen molar-refractivity contribution >= 4 is 22.7 Å². The fraction of sp³-hybridized carbons (Fsp3) is 0.444. The van der Waals surface area contributed by atoms with Crippen molar-refractivity contribution in [2.75, 3.05) is 13.6 Å². The molecule has 7 heteroatoms. The summed E-state index contributed by atoms with van der Waals surface area (Å²) in [6.07, 6.45) is 1.37. The molecule has 0 radical (unpaired) electrons. The second-order valence-electron chi connectivity index (χ2n) is 7.20. The van der Waals surface area contributed by atoms with Gasteiger partial charge in [-0.15, -0.1) is 0 Å². The maximum absolute atomic E-state index is 12.5. The van der Waals surface area contributed by atoms with Gasteiger partial charge in [0.15, 0.2) is 0 Å². The van der Waals surface area contributed by atoms with Crippen molar-refractivity contribution in [3.8, 4) is 0 Å². The fourth-order valence-electron chi connectivity index (χ4n) is 2.48. The maximum Gasteiger partial charge on any atom is 0.261 e. The van der Waals surface area contributed by atoms with Crippen LogP contribution in [0.4, 0.5) is 0 Å². The summed E-state index contributed by atoms with van der Waals surface area (Å²) < 4.78 is 1.27. The Labute approximate surface area is 146 Å². The Bertz CT molecular complexity index is 865. The summed E-state index contributed by atoms with van der Waals surface area (Å²) in [6.45, 7) is 7.27. The third kappa shape index (κ3) is 4.65. The number of carbonyl (C=O) groups is 2. The van der Waals surface area contributed by atoms with Gasteiger partial charge in [0, 0.05) is 12.6 Å². The van der Waals surface area contributed by atoms with Gasteiger partial charge in [0.1, 0.15) is 6.54 Å². The predicted octanol–water partition coefficient (Wildman–Crippen LogP) is 1.08. The van der Waals surface area contributed by atoms with E-state index in [1.807, 2.05) is 33.8 Å². The van der Waals surface area contributed by atoms with Crippen molar-refractivity contribution < 1.29 is 9.59 Å². The second kappa shape index (κ2) is 7.04. The molecule has 0 unspecified atom stereocenters. The molecule has 2 rings (SSSR count). The van der Waals surface area contributed by atoms with Crippen LogP contribution < -0.4 is 10.9 Å². The van der Waals surface area contributed by atoms with Gasteiger partial charge >= 0.3 is 0 Å². The number of para-hydroxylation sites is 1. The molecule has 1 aromatic heterocycles. The number of aryl methyl sites for hydroxylation is 1. The van der Waals surface area contributed by atoms with Gasteiger partial charge in [-0.3, -0.25) is 19.0 Å². The summed E-state index contributed by atoms with van der Waals surface area (Å²) in [5.74, 6) is -0.581. The Kier molecular flexibility index (Phi) is 5.25. The Morgan fingerprint density at radius 1 is 1.28 bits per heavy atom. The van der Waals surface area contributed by atoms with Gasteiger partial charge in [-0.1, -0.05) is 12.1 Å². The van der Waals surface area contributed by atoms with Gasteiger partial charge in [-0.05, 0) is 39.3 Å². The fourth-order valence-corrected chi connectivity index (χ4v) is 2.48. The zero-order valence-electron chi connectivity index (χ0n) is 15.3. The summed E-state index contributed by atoms with van der Waals surface area (Å²) in [5.41, 5.74) is 0.908. The van der Waals surface area contributed by atoms with Crippen LogP contribution in [0.2, 0.25) is 0 Å². The van der Waals surface area contributed by atoms with E-state index in [0.29, 0.717) is 10.9 Å². The van der Waals surface area contributed by atoms with Crippen LogP contribution in [-0.2, 0) is 16.1 Å². The number of likely N-dealkylation sites (N-methyl/N-ethyl adjacent to an activating group) is 1. The third-order valence-electron chi connectivity index (χ3n) is 3.68. The normalized spacial score (nSPS) is 11.4. The van der Waals surface area contributed by atoms with Crippen LogP contribution >= 0.6 is 0 Å². The minimum atomic E-state index is -0.363. The second-order valence-corrected chi connectivity index (χ2v) is 7.20. The number of carbonyl (C=O) groups excluding carboxylic acids is 2. The summed E-state index contributed by atoms with van der Waals surface area (Å²) in [7, 11) is 1.54. The minimum absolute atomic E-state index is 0.0645. The molecule has 7 nitrogen and oxygen atoms in total. The summed E-state index contributed by atoms with van der Waals surface area (Å²) in [4.78, 5) is 42.3. The van der Waals surface area contributed by atoms with E-state index in [9.17, 15) is 14.4 Å². The molecule has 1 N–H and O–H groups in total. The van der Waals surface area contributed by atoms with E-state index in [-0.39, 0.29) is 36.0 Å². The van der Waals surface area contributed by atoms with Gasteiger partial charge in [0.05, 0.1) is 23.8 Å². The van der Waals surface area contributed by atoms with Crippen LogP contribution in [0.3, 0.4) is 0 Å². The largest absolute Gasteiger partial charge is 0.350 e. The van der Waals surface area contributed by atoms with E-state index in [4.69, 9.17) is 0 Å². The van der Waals surface area contributed by atoms with Gasteiger partial charge in [-0.2, -0.15) is 0 Å². The zero-order chi connectivity index (χ0) is 18.8. The Balaban J connectivity index is 2.13. The van der Waals surface area contributed by atoms with Crippen LogP contribution in [0, 0.1) is 6.92 Å². The first-order chi connectivity index (χ1) is 11.6. The lowest BCUT2D eigenvalue weighted by molar-refractivity contribution is -0.135. The molecule has 0 fully saturated rings. The van der Waals surface area contributed by atoms with Crippen molar-refractivity contribution in [1.82, 2.24) is 19.8 Å². The number of nitrogens with one attached hydrogen (secondary N) is 1. The highest BCUT2D eigenvalue weighted by Crippen LogP contribution is 2.11. The molecule has 0 aliphatic carbocycles. The van der Waals surface area contributed by atoms with Crippen molar-refractivity contribution in [2.45, 2.75) is 39.8 Å². The van der Waals surface area contributed by atoms with E-state index < -0.39 is 0 Å². The van der Waals surface area contributed by atoms with Crippen LogP contribution in [0.25, 0.3) is 10.9 Å². The van der Waals surface area contributed by atoms with E-state index in [2.05, 4.69) is 10.3 Å². The highest BCUT2D eigenvalue weighted by Gasteiger charge is 2.18. The van der Waals surface area contributed by atoms with Gasteiger partial charge in [-0.25, -0.2) is 4.98 Å². The van der Waals surface area contributed by atoms with Crippen molar-refractivity contribution in [3.63, 3.8) is 0 Å². The molecule has 25 heavy (non-hydrogen) atoms. The molecule has 0 aliphatic rings. The highest BCUT2D eigenvalue weighted by atomic mass is 16.2. The molecule has 0 saturated carbocycles. The van der Waals surface area contributed by atoms with Crippen molar-refractivity contribution in [3.05, 3.63) is 40.4 Å². The van der Waals surface area contributed by atoms with Gasteiger partial charge in [0.2, 0.25) is 11.8 Å². The molecule has 0 bridgehead atoms. The highest BCUT2D eigenvalue weighted by molar-refractivity contribution is 5.85. The zero-order valence-corrected chi connectivity index (χ0v) is 15.3. The number of hydrogen-bond donors (Lipinski definition) is 1. The SMILES string of the molecule is Cc1cccc2c(=O)n(CC(=O)N(C)CC(=O)NC(C)(C)C)cnc12. The first-order valence-electron chi connectivity index (χ1n) is 8.08. The quantitative estimate of drug-likeness (QED) is 0.899. The number of aromatic nitrogens is 2. The molecule has 134 valence electrons. The number of hydrogen-bond acceptors (Lipinski definition) is 4. The first kappa shape index (κ1) is 18.6. The number of amides is 2. The molecule has 0 saturated heterocycles. The summed E-state index contributed by atoms with van der Waals surface area (Å²) in [6, 6.07) is 5.36. The standard InChI is InChI=1S/C18H24N4O3/c1-12-7-6-8-13-16(12)19-11-22(17(13)25)10-15(24)21(5)9-14(23)20-18(2,3)4/h6-8,11H,9-10H2,1-5H3,(H,20,23). The summed E-state index contributed by atoms with van der Waals surface area (Å²) in [5, 5.41) is 3.27. The molecule has 1 aromatic carbocycles. The Hall–Kier alpha value is -2.70. The molecular formula is C18H24N4O3. The monoisotopic (exact) mass is 344 g/mol. The van der Waals surface area contributed by atoms with E-state index in [1.54, 1.807) is 12.1 Å². The van der Waals surface area contributed by atoms with Crippen LogP contribution in [0.15, 0.2) is 29.3 Å². The van der Waals surface area contributed by atoms with Gasteiger partial charge in [0.25, 0.3) is 5.56 Å². The minimum Gasteiger partial charge on any atom is -0.350 e. The van der Waals surface area contributed by atoms with Crippen LogP contribution in [0.1, 0.15) is 26.3 Å². The van der Waals surface area contributed by atoms with E-state index in [0.717, 1.165) is 5.56 Å². The Morgan fingerprint density at radius 2 is 1.96 bits per heavy atom. The smallest absolute Gasteiger partial charge is 0.261 e. The average Bonchev–Trinajstić information content (AvgIpc) is 2.48. The predicted molar refractivity (Wildman–Crippen MR) is 96.3 cm³/mol. The lowest BCUT2D eigenvalue weighted by Crippen LogP contribution is -2.47. The molecule has 1 heterocycles. The summed E-state index contributed by atoms with van der Waals surface area (Å²) >= 11 is 0. The molecular weight excluding hydrogens is 320 g/mol. The maximum atomic E-state index is 12.5. The number of nitrogens with zero attached hydrogens (tertiary/aromatic N) is 3. The van der Waals surface area contributed by atoms with Gasteiger partial charge < -0.3 is 10.2 Å². The van der Waals surface area contributed by atoms with E-state index in [1.165, 1.54) is 22.8 Å². The average molecular weight is 344 g/mol. The molecule has 2 amide bonds. The number of benzene rings is 1. The Morgan fingerprint density at radius 3 is 2.60 bits per heavy atom. The lowest BCUT2D eigenvalue weighted by Gasteiger charge is -2.23. The van der Waals surface area contributed by atoms with Crippen LogP contribution in [0.5, 0.6) is 0 Å². The molecule has 0 spiro atoms. The van der Waals surface area contributed by atoms with E-state index >= 15 is 0 Å². The first-order valence-corrected chi connectivity index (χ1v) is 8.08. The molecule has 0 aliphatic heterocycles. The molecule has 0 atom stereocenters. The lowest BCUT2D eigenvalue weighted by atomic mass is 10.1. The molecule has 2 aromatic rings. The number of fused-ring (bicyclic) bond motifs is 1.